The average Bonchev–Trinajstić information content (AvgIpc) is 2.86. The molecule has 1 aliphatic rings. The minimum absolute atomic E-state index is 0.0335. The maximum Gasteiger partial charge on any atom is 0.400 e. The Morgan fingerprint density at radius 3 is 2.22 bits per heavy atom. The topological polar surface area (TPSA) is 18.5 Å². The molecule has 8 heteroatoms. The van der Waals surface area contributed by atoms with Crippen molar-refractivity contribution in [3.8, 4) is 22.6 Å². The molecular weight excluding hydrogens is 494 g/mol. The van der Waals surface area contributed by atoms with E-state index < -0.39 is 30.5 Å². The van der Waals surface area contributed by atoms with Crippen molar-refractivity contribution in [2.75, 3.05) is 6.86 Å². The number of rotatable bonds is 9. The number of aryl methyl sites for hydroxylation is 1. The molecule has 0 amide bonds. The maximum absolute atomic E-state index is 15.0. The van der Waals surface area contributed by atoms with Gasteiger partial charge in [-0.15, -0.1) is 0 Å². The molecule has 37 heavy (non-hydrogen) atoms. The van der Waals surface area contributed by atoms with Crippen LogP contribution in [0.25, 0.3) is 11.1 Å². The highest BCUT2D eigenvalue weighted by Gasteiger charge is 2.44. The predicted octanol–water partition coefficient (Wildman–Crippen LogP) is 8.97. The second-order valence-corrected chi connectivity index (χ2v) is 9.36. The van der Waals surface area contributed by atoms with Crippen molar-refractivity contribution in [1.29, 1.82) is 0 Å². The van der Waals surface area contributed by atoms with Crippen molar-refractivity contribution >= 4 is 0 Å². The Bertz CT molecular complexity index is 1220. The molecule has 3 aromatic carbocycles. The summed E-state index contributed by atoms with van der Waals surface area (Å²) in [4.78, 5) is 0. The van der Waals surface area contributed by atoms with Crippen LogP contribution < -0.4 is 9.47 Å². The van der Waals surface area contributed by atoms with E-state index in [1.54, 1.807) is 6.07 Å². The third-order valence-electron chi connectivity index (χ3n) is 6.89. The molecule has 198 valence electrons. The van der Waals surface area contributed by atoms with E-state index in [2.05, 4.69) is 4.74 Å². The van der Waals surface area contributed by atoms with Gasteiger partial charge < -0.3 is 9.47 Å². The van der Waals surface area contributed by atoms with Crippen LogP contribution in [0.1, 0.15) is 56.1 Å². The molecule has 0 unspecified atom stereocenters. The Morgan fingerprint density at radius 2 is 1.59 bits per heavy atom. The quantitative estimate of drug-likeness (QED) is 0.261. The van der Waals surface area contributed by atoms with Crippen LogP contribution in [0, 0.1) is 23.4 Å². The summed E-state index contributed by atoms with van der Waals surface area (Å²) < 4.78 is 94.9. The van der Waals surface area contributed by atoms with Crippen molar-refractivity contribution in [2.24, 2.45) is 5.92 Å². The molecule has 0 heterocycles. The van der Waals surface area contributed by atoms with Crippen molar-refractivity contribution < 1.29 is 35.8 Å². The monoisotopic (exact) mass is 522 g/mol. The van der Waals surface area contributed by atoms with Crippen LogP contribution in [-0.2, 0) is 6.42 Å². The Hall–Kier alpha value is -3.16. The zero-order chi connectivity index (χ0) is 26.6. The number of hydrogen-bond acceptors (Lipinski definition) is 2. The van der Waals surface area contributed by atoms with Crippen LogP contribution in [0.3, 0.4) is 0 Å². The lowest BCUT2D eigenvalue weighted by Gasteiger charge is -2.33. The van der Waals surface area contributed by atoms with Crippen LogP contribution >= 0.6 is 0 Å². The summed E-state index contributed by atoms with van der Waals surface area (Å²) in [6, 6.07) is 11.9. The van der Waals surface area contributed by atoms with E-state index in [1.165, 1.54) is 24.3 Å². The second-order valence-electron chi connectivity index (χ2n) is 9.36. The molecule has 1 aliphatic carbocycles. The summed E-state index contributed by atoms with van der Waals surface area (Å²) in [6.45, 7) is 0.806. The van der Waals surface area contributed by atoms with Crippen molar-refractivity contribution in [3.05, 3.63) is 83.2 Å². The summed E-state index contributed by atoms with van der Waals surface area (Å²) >= 11 is 0. The van der Waals surface area contributed by atoms with Gasteiger partial charge in [0.05, 0.1) is 5.92 Å². The van der Waals surface area contributed by atoms with Crippen molar-refractivity contribution in [3.63, 3.8) is 0 Å². The van der Waals surface area contributed by atoms with Crippen molar-refractivity contribution in [1.82, 2.24) is 0 Å². The standard InChI is InChI=1S/C29H28F6O2/c1-2-3-18-4-11-23(25(31)14-18)19-5-8-21(9-6-19)29(34,35)37-22-10-12-24(26(32)16-22)20-7-13-28(36-17-30)27(33)15-20/h4,7,10-16,19,21H,2-3,5-6,8-9,17H2,1H3. The number of hydrogen-bond donors (Lipinski definition) is 0. The molecule has 0 radical (unpaired) electrons. The van der Waals surface area contributed by atoms with Gasteiger partial charge in [-0.3, -0.25) is 0 Å². The normalized spacial score (nSPS) is 18.0. The van der Waals surface area contributed by atoms with Crippen LogP contribution in [0.2, 0.25) is 0 Å². The van der Waals surface area contributed by atoms with Gasteiger partial charge in [-0.05, 0) is 85.0 Å². The fourth-order valence-corrected chi connectivity index (χ4v) is 4.96. The summed E-state index contributed by atoms with van der Waals surface area (Å²) in [5.41, 5.74) is 1.58. The average molecular weight is 523 g/mol. The molecular formula is C29H28F6O2. The molecule has 3 aromatic rings. The van der Waals surface area contributed by atoms with Gasteiger partial charge in [0.1, 0.15) is 17.4 Å². The molecule has 2 nitrogen and oxygen atoms in total. The van der Waals surface area contributed by atoms with Gasteiger partial charge in [0.25, 0.3) is 0 Å². The summed E-state index contributed by atoms with van der Waals surface area (Å²) in [7, 11) is 0. The third kappa shape index (κ3) is 6.22. The maximum atomic E-state index is 15.0. The summed E-state index contributed by atoms with van der Waals surface area (Å²) in [5.74, 6) is -3.96. The minimum Gasteiger partial charge on any atom is -0.460 e. The first-order valence-corrected chi connectivity index (χ1v) is 12.3. The van der Waals surface area contributed by atoms with Gasteiger partial charge in [-0.2, -0.15) is 8.78 Å². The SMILES string of the molecule is CCCc1ccc(C2CCC(C(F)(F)Oc3ccc(-c4ccc(OCF)c(F)c4)c(F)c3)CC2)c(F)c1. The second kappa shape index (κ2) is 11.5. The highest BCUT2D eigenvalue weighted by Crippen LogP contribution is 2.44. The Kier molecular flexibility index (Phi) is 8.35. The van der Waals surface area contributed by atoms with Crippen LogP contribution in [0.5, 0.6) is 11.5 Å². The Morgan fingerprint density at radius 1 is 0.838 bits per heavy atom. The van der Waals surface area contributed by atoms with Gasteiger partial charge in [0, 0.05) is 11.6 Å². The summed E-state index contributed by atoms with van der Waals surface area (Å²) in [6.07, 6.45) is -0.771. The number of ether oxygens (including phenoxy) is 2. The van der Waals surface area contributed by atoms with E-state index >= 15 is 0 Å². The number of halogens is 6. The molecule has 0 atom stereocenters. The Balaban J connectivity index is 1.40. The smallest absolute Gasteiger partial charge is 0.400 e. The highest BCUT2D eigenvalue weighted by molar-refractivity contribution is 5.66. The van der Waals surface area contributed by atoms with E-state index in [0.29, 0.717) is 18.4 Å². The largest absolute Gasteiger partial charge is 0.460 e. The fraction of sp³-hybridized carbons (Fsp3) is 0.379. The predicted molar refractivity (Wildman–Crippen MR) is 129 cm³/mol. The first-order chi connectivity index (χ1) is 17.7. The molecule has 0 aromatic heterocycles. The van der Waals surface area contributed by atoms with Gasteiger partial charge in [0.2, 0.25) is 6.86 Å². The molecule has 0 N–H and O–H groups in total. The molecule has 4 rings (SSSR count). The molecule has 1 fully saturated rings. The number of alkyl halides is 3. The third-order valence-corrected chi connectivity index (χ3v) is 6.89. The number of benzene rings is 3. The van der Waals surface area contributed by atoms with Gasteiger partial charge >= 0.3 is 6.11 Å². The molecule has 0 spiro atoms. The Labute approximate surface area is 212 Å². The zero-order valence-corrected chi connectivity index (χ0v) is 20.4. The highest BCUT2D eigenvalue weighted by atomic mass is 19.3. The van der Waals surface area contributed by atoms with Crippen molar-refractivity contribution in [2.45, 2.75) is 57.5 Å². The van der Waals surface area contributed by atoms with Crippen LogP contribution in [0.4, 0.5) is 26.3 Å². The minimum atomic E-state index is -3.54. The van der Waals surface area contributed by atoms with E-state index in [-0.39, 0.29) is 47.2 Å². The molecule has 0 saturated heterocycles. The van der Waals surface area contributed by atoms with Gasteiger partial charge in [-0.25, -0.2) is 17.6 Å². The first kappa shape index (κ1) is 26.9. The van der Waals surface area contributed by atoms with Crippen LogP contribution in [-0.4, -0.2) is 13.0 Å². The van der Waals surface area contributed by atoms with E-state index in [0.717, 1.165) is 36.6 Å². The molecule has 1 saturated carbocycles. The lowest BCUT2D eigenvalue weighted by atomic mass is 9.78. The van der Waals surface area contributed by atoms with E-state index in [9.17, 15) is 26.3 Å². The zero-order valence-electron chi connectivity index (χ0n) is 20.4. The fourth-order valence-electron chi connectivity index (χ4n) is 4.96. The summed E-state index contributed by atoms with van der Waals surface area (Å²) in [5, 5.41) is 0. The first-order valence-electron chi connectivity index (χ1n) is 12.3. The van der Waals surface area contributed by atoms with Gasteiger partial charge in [-0.1, -0.05) is 31.5 Å². The molecule has 0 bridgehead atoms. The lowest BCUT2D eigenvalue weighted by molar-refractivity contribution is -0.222. The van der Waals surface area contributed by atoms with E-state index in [4.69, 9.17) is 4.74 Å². The molecule has 0 aliphatic heterocycles. The van der Waals surface area contributed by atoms with Gasteiger partial charge in [0.15, 0.2) is 11.6 Å². The van der Waals surface area contributed by atoms with Crippen LogP contribution in [0.15, 0.2) is 54.6 Å². The van der Waals surface area contributed by atoms with E-state index in [1.807, 2.05) is 13.0 Å². The lowest BCUT2D eigenvalue weighted by Crippen LogP contribution is -2.37.